The summed E-state index contributed by atoms with van der Waals surface area (Å²) in [6, 6.07) is 18.6. The topological polar surface area (TPSA) is 42.0 Å². The molecule has 1 fully saturated rings. The predicted octanol–water partition coefficient (Wildman–Crippen LogP) is 4.49. The lowest BCUT2D eigenvalue weighted by atomic mass is 10.1. The largest absolute Gasteiger partial charge is 0.497 e. The number of rotatable bonds is 6. The number of hydrogen-bond acceptors (Lipinski definition) is 4. The number of amides is 1. The molecule has 1 aliphatic rings. The Bertz CT molecular complexity index is 1090. The highest BCUT2D eigenvalue weighted by Crippen LogP contribution is 2.25. The first-order valence-corrected chi connectivity index (χ1v) is 10.9. The van der Waals surface area contributed by atoms with Gasteiger partial charge in [-0.1, -0.05) is 24.3 Å². The summed E-state index contributed by atoms with van der Waals surface area (Å²) in [5, 5.41) is 2.09. The van der Waals surface area contributed by atoms with Crippen molar-refractivity contribution >= 4 is 16.7 Å². The van der Waals surface area contributed by atoms with Crippen molar-refractivity contribution in [2.75, 3.05) is 26.8 Å². The van der Waals surface area contributed by atoms with E-state index in [0.29, 0.717) is 12.3 Å². The van der Waals surface area contributed by atoms with E-state index >= 15 is 0 Å². The number of piperazine rings is 1. The Kier molecular flexibility index (Phi) is 6.61. The summed E-state index contributed by atoms with van der Waals surface area (Å²) >= 11 is 0. The smallest absolute Gasteiger partial charge is 0.260 e. The zero-order valence-corrected chi connectivity index (χ0v) is 18.8. The van der Waals surface area contributed by atoms with Crippen LogP contribution in [0.2, 0.25) is 0 Å². The molecule has 0 N–H and O–H groups in total. The summed E-state index contributed by atoms with van der Waals surface area (Å²) < 4.78 is 24.3. The summed E-state index contributed by atoms with van der Waals surface area (Å²) in [7, 11) is 1.64. The second-order valence-electron chi connectivity index (χ2n) is 8.46. The zero-order valence-electron chi connectivity index (χ0n) is 18.8. The number of fused-ring (bicyclic) bond motifs is 1. The summed E-state index contributed by atoms with van der Waals surface area (Å²) in [5.41, 5.74) is 1.07. The first-order chi connectivity index (χ1) is 15.4. The van der Waals surface area contributed by atoms with Gasteiger partial charge in [0, 0.05) is 31.7 Å². The summed E-state index contributed by atoms with van der Waals surface area (Å²) in [6.07, 6.45) is 0. The fourth-order valence-corrected chi connectivity index (χ4v) is 4.24. The predicted molar refractivity (Wildman–Crippen MR) is 123 cm³/mol. The minimum atomic E-state index is -0.226. The molecule has 2 unspecified atom stereocenters. The Morgan fingerprint density at radius 3 is 2.34 bits per heavy atom. The van der Waals surface area contributed by atoms with Crippen LogP contribution in [0.1, 0.15) is 19.4 Å². The minimum absolute atomic E-state index is 0.00446. The Hall–Kier alpha value is -3.12. The molecule has 1 saturated heterocycles. The van der Waals surface area contributed by atoms with Gasteiger partial charge in [-0.2, -0.15) is 0 Å². The van der Waals surface area contributed by atoms with Gasteiger partial charge in [0.2, 0.25) is 0 Å². The van der Waals surface area contributed by atoms with Gasteiger partial charge in [-0.05, 0) is 66.6 Å². The van der Waals surface area contributed by atoms with E-state index in [9.17, 15) is 9.18 Å². The fraction of sp³-hybridized carbons (Fsp3) is 0.346. The van der Waals surface area contributed by atoms with Crippen molar-refractivity contribution in [2.45, 2.75) is 32.5 Å². The van der Waals surface area contributed by atoms with Crippen LogP contribution in [0, 0.1) is 5.82 Å². The van der Waals surface area contributed by atoms with E-state index < -0.39 is 0 Å². The summed E-state index contributed by atoms with van der Waals surface area (Å²) in [6.45, 7) is 6.33. The van der Waals surface area contributed by atoms with Crippen molar-refractivity contribution in [3.8, 4) is 11.5 Å². The van der Waals surface area contributed by atoms with E-state index in [2.05, 4.69) is 18.7 Å². The molecule has 168 valence electrons. The van der Waals surface area contributed by atoms with Crippen molar-refractivity contribution in [3.05, 3.63) is 72.0 Å². The molecule has 0 saturated carbocycles. The molecule has 32 heavy (non-hydrogen) atoms. The van der Waals surface area contributed by atoms with Crippen LogP contribution in [0.25, 0.3) is 10.8 Å². The first kappa shape index (κ1) is 22.1. The SMILES string of the molecule is COc1ccc2ccc(OCC(=O)N3CC(C)N(Cc4ccc(F)cc4)CC3C)cc2c1. The quantitative estimate of drug-likeness (QED) is 0.571. The van der Waals surface area contributed by atoms with Crippen LogP contribution in [0.4, 0.5) is 4.39 Å². The number of ether oxygens (including phenoxy) is 2. The monoisotopic (exact) mass is 436 g/mol. The first-order valence-electron chi connectivity index (χ1n) is 10.9. The van der Waals surface area contributed by atoms with Crippen molar-refractivity contribution in [1.29, 1.82) is 0 Å². The lowest BCUT2D eigenvalue weighted by molar-refractivity contribution is -0.139. The number of benzene rings is 3. The molecule has 3 aromatic carbocycles. The maximum atomic E-state index is 13.2. The molecule has 1 aliphatic heterocycles. The van der Waals surface area contributed by atoms with Crippen LogP contribution in [-0.4, -0.2) is 54.6 Å². The van der Waals surface area contributed by atoms with Gasteiger partial charge in [0.05, 0.1) is 7.11 Å². The van der Waals surface area contributed by atoms with Crippen LogP contribution in [0.5, 0.6) is 11.5 Å². The molecule has 0 aliphatic carbocycles. The highest BCUT2D eigenvalue weighted by atomic mass is 19.1. The lowest BCUT2D eigenvalue weighted by Gasteiger charge is -2.44. The van der Waals surface area contributed by atoms with Crippen LogP contribution >= 0.6 is 0 Å². The number of halogens is 1. The highest BCUT2D eigenvalue weighted by Gasteiger charge is 2.32. The van der Waals surface area contributed by atoms with Crippen LogP contribution in [0.3, 0.4) is 0 Å². The Labute approximate surface area is 188 Å². The van der Waals surface area contributed by atoms with E-state index in [1.165, 1.54) is 12.1 Å². The van der Waals surface area contributed by atoms with Crippen molar-refractivity contribution in [3.63, 3.8) is 0 Å². The Balaban J connectivity index is 1.35. The number of hydrogen-bond donors (Lipinski definition) is 0. The molecule has 0 radical (unpaired) electrons. The van der Waals surface area contributed by atoms with Gasteiger partial charge < -0.3 is 14.4 Å². The average molecular weight is 437 g/mol. The number of methoxy groups -OCH3 is 1. The number of carbonyl (C=O) groups excluding carboxylic acids is 1. The van der Waals surface area contributed by atoms with Gasteiger partial charge >= 0.3 is 0 Å². The van der Waals surface area contributed by atoms with Crippen LogP contribution in [-0.2, 0) is 11.3 Å². The molecule has 2 atom stereocenters. The third-order valence-electron chi connectivity index (χ3n) is 6.12. The van der Waals surface area contributed by atoms with Gasteiger partial charge in [-0.25, -0.2) is 4.39 Å². The summed E-state index contributed by atoms with van der Waals surface area (Å²) in [4.78, 5) is 17.1. The molecule has 0 aromatic heterocycles. The van der Waals surface area contributed by atoms with E-state index in [4.69, 9.17) is 9.47 Å². The third kappa shape index (κ3) is 5.02. The van der Waals surface area contributed by atoms with Crippen LogP contribution in [0.15, 0.2) is 60.7 Å². The standard InChI is InChI=1S/C26H29FN2O3/c1-18-15-29(19(2)14-28(18)16-20-4-8-23(27)9-5-20)26(30)17-32-25-11-7-21-6-10-24(31-3)12-22(21)13-25/h4-13,18-19H,14-17H2,1-3H3. The molecule has 0 spiro atoms. The molecule has 0 bridgehead atoms. The number of nitrogens with zero attached hydrogens (tertiary/aromatic N) is 2. The molecule has 3 aromatic rings. The van der Waals surface area contributed by atoms with Gasteiger partial charge in [-0.3, -0.25) is 9.69 Å². The Morgan fingerprint density at radius 2 is 1.62 bits per heavy atom. The average Bonchev–Trinajstić information content (AvgIpc) is 2.80. The van der Waals surface area contributed by atoms with E-state index in [-0.39, 0.29) is 30.4 Å². The highest BCUT2D eigenvalue weighted by molar-refractivity contribution is 5.85. The normalized spacial score (nSPS) is 19.2. The molecule has 1 amide bonds. The summed E-state index contributed by atoms with van der Waals surface area (Å²) in [5.74, 6) is 1.20. The molecule has 6 heteroatoms. The van der Waals surface area contributed by atoms with Gasteiger partial charge in [0.15, 0.2) is 6.61 Å². The van der Waals surface area contributed by atoms with Crippen molar-refractivity contribution in [1.82, 2.24) is 9.80 Å². The fourth-order valence-electron chi connectivity index (χ4n) is 4.24. The number of carbonyl (C=O) groups is 1. The van der Waals surface area contributed by atoms with E-state index in [1.54, 1.807) is 7.11 Å². The second kappa shape index (κ2) is 9.57. The maximum absolute atomic E-state index is 13.2. The molecular weight excluding hydrogens is 407 g/mol. The van der Waals surface area contributed by atoms with E-state index in [1.807, 2.05) is 53.4 Å². The van der Waals surface area contributed by atoms with Gasteiger partial charge in [-0.15, -0.1) is 0 Å². The zero-order chi connectivity index (χ0) is 22.7. The lowest BCUT2D eigenvalue weighted by Crippen LogP contribution is -2.58. The molecular formula is C26H29FN2O3. The second-order valence-corrected chi connectivity index (χ2v) is 8.46. The van der Waals surface area contributed by atoms with Gasteiger partial charge in [0.25, 0.3) is 5.91 Å². The minimum Gasteiger partial charge on any atom is -0.497 e. The van der Waals surface area contributed by atoms with Crippen molar-refractivity contribution in [2.24, 2.45) is 0 Å². The molecule has 5 nitrogen and oxygen atoms in total. The van der Waals surface area contributed by atoms with Gasteiger partial charge in [0.1, 0.15) is 17.3 Å². The van der Waals surface area contributed by atoms with Crippen LogP contribution < -0.4 is 9.47 Å². The molecule has 4 rings (SSSR count). The van der Waals surface area contributed by atoms with Crippen molar-refractivity contribution < 1.29 is 18.7 Å². The Morgan fingerprint density at radius 1 is 0.938 bits per heavy atom. The van der Waals surface area contributed by atoms with E-state index in [0.717, 1.165) is 35.2 Å². The molecule has 1 heterocycles. The third-order valence-corrected chi connectivity index (χ3v) is 6.12. The maximum Gasteiger partial charge on any atom is 0.260 e.